The van der Waals surface area contributed by atoms with E-state index in [2.05, 4.69) is 15.3 Å². The van der Waals surface area contributed by atoms with Gasteiger partial charge in [-0.1, -0.05) is 6.07 Å². The van der Waals surface area contributed by atoms with Crippen molar-refractivity contribution in [1.29, 1.82) is 0 Å². The number of nitrogens with one attached hydrogen (secondary N) is 1. The number of carbonyl (C=O) groups is 1. The number of aromatic nitrogens is 2. The van der Waals surface area contributed by atoms with Crippen molar-refractivity contribution in [3.05, 3.63) is 48.3 Å². The number of hydrogen-bond acceptors (Lipinski definition) is 4. The van der Waals surface area contributed by atoms with Gasteiger partial charge in [-0.2, -0.15) is 13.2 Å². The van der Waals surface area contributed by atoms with Crippen LogP contribution in [0.4, 0.5) is 29.6 Å². The van der Waals surface area contributed by atoms with Crippen LogP contribution < -0.4 is 10.2 Å². The Labute approximate surface area is 142 Å². The lowest BCUT2D eigenvalue weighted by Crippen LogP contribution is -2.50. The van der Waals surface area contributed by atoms with Crippen molar-refractivity contribution in [3.8, 4) is 0 Å². The van der Waals surface area contributed by atoms with Gasteiger partial charge < -0.3 is 9.80 Å². The maximum Gasteiger partial charge on any atom is 0.419 e. The highest BCUT2D eigenvalue weighted by atomic mass is 19.4. The molecule has 0 saturated carbocycles. The number of piperazine rings is 1. The van der Waals surface area contributed by atoms with Crippen LogP contribution in [0.3, 0.4) is 0 Å². The minimum atomic E-state index is -4.46. The zero-order chi connectivity index (χ0) is 17.9. The van der Waals surface area contributed by atoms with Crippen LogP contribution >= 0.6 is 0 Å². The first kappa shape index (κ1) is 17.0. The van der Waals surface area contributed by atoms with Crippen LogP contribution in [-0.2, 0) is 6.18 Å². The quantitative estimate of drug-likeness (QED) is 0.904. The van der Waals surface area contributed by atoms with E-state index in [-0.39, 0.29) is 24.9 Å². The first-order chi connectivity index (χ1) is 11.9. The standard InChI is InChI=1S/C16H16F3N5O/c17-16(18,19)12-4-3-7-21-14(12)23-8-10-24(11-9-23)15(25)22-13-5-1-2-6-20-13/h1-7H,8-11H2,(H,20,22,25). The number of alkyl halides is 3. The van der Waals surface area contributed by atoms with Crippen LogP contribution in [0.25, 0.3) is 0 Å². The molecule has 6 nitrogen and oxygen atoms in total. The molecule has 132 valence electrons. The minimum absolute atomic E-state index is 0.0974. The molecule has 25 heavy (non-hydrogen) atoms. The van der Waals surface area contributed by atoms with Crippen molar-refractivity contribution < 1.29 is 18.0 Å². The first-order valence-corrected chi connectivity index (χ1v) is 7.69. The molecule has 2 aromatic rings. The molecule has 0 spiro atoms. The predicted molar refractivity (Wildman–Crippen MR) is 86.3 cm³/mol. The lowest BCUT2D eigenvalue weighted by molar-refractivity contribution is -0.137. The number of nitrogens with zero attached hydrogens (tertiary/aromatic N) is 4. The highest BCUT2D eigenvalue weighted by molar-refractivity contribution is 5.88. The summed E-state index contributed by atoms with van der Waals surface area (Å²) in [5, 5.41) is 2.66. The van der Waals surface area contributed by atoms with Crippen LogP contribution in [-0.4, -0.2) is 47.1 Å². The molecule has 1 aliphatic heterocycles. The Morgan fingerprint density at radius 2 is 1.72 bits per heavy atom. The number of anilines is 2. The second-order valence-electron chi connectivity index (χ2n) is 5.49. The number of amides is 2. The maximum absolute atomic E-state index is 13.1. The highest BCUT2D eigenvalue weighted by Gasteiger charge is 2.36. The third-order valence-electron chi connectivity index (χ3n) is 3.86. The number of halogens is 3. The molecule has 2 aromatic heterocycles. The Kier molecular flexibility index (Phi) is 4.73. The van der Waals surface area contributed by atoms with E-state index in [0.717, 1.165) is 6.07 Å². The third kappa shape index (κ3) is 3.98. The Morgan fingerprint density at radius 1 is 1.00 bits per heavy atom. The fourth-order valence-electron chi connectivity index (χ4n) is 2.62. The van der Waals surface area contributed by atoms with Gasteiger partial charge in [-0.25, -0.2) is 14.8 Å². The number of hydrogen-bond donors (Lipinski definition) is 1. The van der Waals surface area contributed by atoms with Gasteiger partial charge in [0.05, 0.1) is 5.56 Å². The normalized spacial score (nSPS) is 15.2. The van der Waals surface area contributed by atoms with Gasteiger partial charge in [-0.05, 0) is 24.3 Å². The summed E-state index contributed by atoms with van der Waals surface area (Å²) in [5.41, 5.74) is -0.763. The van der Waals surface area contributed by atoms with Gasteiger partial charge in [0.1, 0.15) is 11.6 Å². The molecular formula is C16H16F3N5O. The van der Waals surface area contributed by atoms with Crippen molar-refractivity contribution in [2.75, 3.05) is 36.4 Å². The van der Waals surface area contributed by atoms with Crippen LogP contribution in [0.2, 0.25) is 0 Å². The summed E-state index contributed by atoms with van der Waals surface area (Å²) < 4.78 is 39.3. The maximum atomic E-state index is 13.1. The minimum Gasteiger partial charge on any atom is -0.353 e. The molecule has 0 radical (unpaired) electrons. The molecule has 1 aliphatic rings. The third-order valence-corrected chi connectivity index (χ3v) is 3.86. The molecule has 0 aromatic carbocycles. The zero-order valence-corrected chi connectivity index (χ0v) is 13.2. The van der Waals surface area contributed by atoms with Gasteiger partial charge in [0.15, 0.2) is 0 Å². The summed E-state index contributed by atoms with van der Waals surface area (Å²) in [6.07, 6.45) is -1.56. The van der Waals surface area contributed by atoms with Gasteiger partial charge in [-0.15, -0.1) is 0 Å². The zero-order valence-electron chi connectivity index (χ0n) is 13.2. The van der Waals surface area contributed by atoms with Gasteiger partial charge in [0.2, 0.25) is 0 Å². The summed E-state index contributed by atoms with van der Waals surface area (Å²) in [4.78, 5) is 23.2. The smallest absolute Gasteiger partial charge is 0.353 e. The molecule has 1 saturated heterocycles. The molecule has 1 N–H and O–H groups in total. The number of pyridine rings is 2. The van der Waals surface area contributed by atoms with Crippen molar-refractivity contribution in [2.45, 2.75) is 6.18 Å². The number of urea groups is 1. The summed E-state index contributed by atoms with van der Waals surface area (Å²) >= 11 is 0. The van der Waals surface area contributed by atoms with Crippen LogP contribution in [0.15, 0.2) is 42.7 Å². The Bertz CT molecular complexity index is 730. The lowest BCUT2D eigenvalue weighted by Gasteiger charge is -2.36. The Morgan fingerprint density at radius 3 is 2.36 bits per heavy atom. The molecule has 0 unspecified atom stereocenters. The van der Waals surface area contributed by atoms with Gasteiger partial charge >= 0.3 is 12.2 Å². The van der Waals surface area contributed by atoms with Gasteiger partial charge in [0, 0.05) is 38.6 Å². The molecule has 2 amide bonds. The van der Waals surface area contributed by atoms with Crippen molar-refractivity contribution in [3.63, 3.8) is 0 Å². The van der Waals surface area contributed by atoms with E-state index in [1.807, 2.05) is 0 Å². The van der Waals surface area contributed by atoms with Crippen LogP contribution in [0.1, 0.15) is 5.56 Å². The highest BCUT2D eigenvalue weighted by Crippen LogP contribution is 2.35. The largest absolute Gasteiger partial charge is 0.419 e. The molecule has 9 heteroatoms. The summed E-state index contributed by atoms with van der Waals surface area (Å²) in [5.74, 6) is 0.332. The van der Waals surface area contributed by atoms with E-state index < -0.39 is 11.7 Å². The second-order valence-corrected chi connectivity index (χ2v) is 5.49. The average molecular weight is 351 g/mol. The van der Waals surface area contributed by atoms with E-state index in [1.165, 1.54) is 12.3 Å². The SMILES string of the molecule is O=C(Nc1ccccn1)N1CCN(c2ncccc2C(F)(F)F)CC1. The summed E-state index contributed by atoms with van der Waals surface area (Å²) in [6, 6.07) is 7.11. The van der Waals surface area contributed by atoms with Crippen LogP contribution in [0, 0.1) is 0 Å². The van der Waals surface area contributed by atoms with E-state index >= 15 is 0 Å². The van der Waals surface area contributed by atoms with Crippen molar-refractivity contribution in [2.24, 2.45) is 0 Å². The Hall–Kier alpha value is -2.84. The molecule has 3 rings (SSSR count). The van der Waals surface area contributed by atoms with E-state index in [0.29, 0.717) is 18.9 Å². The Balaban J connectivity index is 1.64. The van der Waals surface area contributed by atoms with E-state index in [4.69, 9.17) is 0 Å². The van der Waals surface area contributed by atoms with Crippen LogP contribution in [0.5, 0.6) is 0 Å². The number of rotatable bonds is 2. The van der Waals surface area contributed by atoms with E-state index in [1.54, 1.807) is 34.2 Å². The molecular weight excluding hydrogens is 335 g/mol. The van der Waals surface area contributed by atoms with Gasteiger partial charge in [-0.3, -0.25) is 5.32 Å². The fourth-order valence-corrected chi connectivity index (χ4v) is 2.62. The molecule has 0 bridgehead atoms. The molecule has 0 aliphatic carbocycles. The first-order valence-electron chi connectivity index (χ1n) is 7.69. The molecule has 0 atom stereocenters. The monoisotopic (exact) mass is 351 g/mol. The topological polar surface area (TPSA) is 61.4 Å². The molecule has 3 heterocycles. The van der Waals surface area contributed by atoms with Crippen molar-refractivity contribution >= 4 is 17.7 Å². The average Bonchev–Trinajstić information content (AvgIpc) is 2.62. The summed E-state index contributed by atoms with van der Waals surface area (Å²) in [7, 11) is 0. The second kappa shape index (κ2) is 6.96. The predicted octanol–water partition coefficient (Wildman–Crippen LogP) is 2.85. The molecule has 1 fully saturated rings. The van der Waals surface area contributed by atoms with Gasteiger partial charge in [0.25, 0.3) is 0 Å². The number of carbonyl (C=O) groups excluding carboxylic acids is 1. The summed E-state index contributed by atoms with van der Waals surface area (Å²) in [6.45, 7) is 1.14. The van der Waals surface area contributed by atoms with Crippen molar-refractivity contribution in [1.82, 2.24) is 14.9 Å². The fraction of sp³-hybridized carbons (Fsp3) is 0.312. The lowest BCUT2D eigenvalue weighted by atomic mass is 10.2. The van der Waals surface area contributed by atoms with E-state index in [9.17, 15) is 18.0 Å².